The highest BCUT2D eigenvalue weighted by Gasteiger charge is 2.24. The van der Waals surface area contributed by atoms with Crippen LogP contribution in [0.4, 0.5) is 0 Å². The predicted octanol–water partition coefficient (Wildman–Crippen LogP) is 2.05. The smallest absolute Gasteiger partial charge is 0.206 e. The number of carbonyl (C=O) groups is 2. The van der Waals surface area contributed by atoms with E-state index in [2.05, 4.69) is 15.0 Å². The number of allylic oxidation sites excluding steroid dienone is 2. The second-order valence-corrected chi connectivity index (χ2v) is 4.35. The number of hydrogen-bond donors (Lipinski definition) is 1. The van der Waals surface area contributed by atoms with E-state index in [1.807, 2.05) is 24.3 Å². The van der Waals surface area contributed by atoms with Gasteiger partial charge >= 0.3 is 0 Å². The molecule has 0 atom stereocenters. The molecule has 4 rings (SSSR count). The van der Waals surface area contributed by atoms with Crippen LogP contribution in [0.15, 0.2) is 36.4 Å². The van der Waals surface area contributed by atoms with Crippen LogP contribution in [-0.2, 0) is 0 Å². The maximum absolute atomic E-state index is 11.8. The van der Waals surface area contributed by atoms with Gasteiger partial charge in [0.25, 0.3) is 0 Å². The minimum absolute atomic E-state index is 0.117. The largest absolute Gasteiger partial charge is 0.338 e. The number of nitrogens with zero attached hydrogens (tertiary/aromatic N) is 2. The van der Waals surface area contributed by atoms with Gasteiger partial charge in [-0.25, -0.2) is 9.97 Å². The lowest BCUT2D eigenvalue weighted by Gasteiger charge is -2.06. The molecule has 2 aromatic heterocycles. The summed E-state index contributed by atoms with van der Waals surface area (Å²) in [6.45, 7) is 0. The summed E-state index contributed by atoms with van der Waals surface area (Å²) in [4.78, 5) is 35.2. The molecule has 1 aromatic carbocycles. The Morgan fingerprint density at radius 1 is 0.895 bits per heavy atom. The normalized spacial score (nSPS) is 14.3. The van der Waals surface area contributed by atoms with Crippen molar-refractivity contribution in [3.63, 3.8) is 0 Å². The molecule has 0 saturated carbocycles. The minimum Gasteiger partial charge on any atom is -0.338 e. The average Bonchev–Trinajstić information content (AvgIpc) is 2.79. The average molecular weight is 249 g/mol. The molecule has 90 valence electrons. The van der Waals surface area contributed by atoms with Crippen molar-refractivity contribution in [2.75, 3.05) is 0 Å². The molecule has 1 N–H and O–H groups in total. The maximum atomic E-state index is 11.8. The molecule has 5 nitrogen and oxygen atoms in total. The van der Waals surface area contributed by atoms with E-state index in [0.29, 0.717) is 11.2 Å². The van der Waals surface area contributed by atoms with Crippen molar-refractivity contribution in [2.45, 2.75) is 0 Å². The molecule has 0 bridgehead atoms. The maximum Gasteiger partial charge on any atom is 0.206 e. The number of fused-ring (bicyclic) bond motifs is 4. The van der Waals surface area contributed by atoms with Crippen molar-refractivity contribution < 1.29 is 9.59 Å². The van der Waals surface area contributed by atoms with E-state index in [9.17, 15) is 9.59 Å². The summed E-state index contributed by atoms with van der Waals surface area (Å²) in [5.74, 6) is -0.572. The standard InChI is InChI=1S/C14H7N3O2/c18-9-5-6-10(19)13-12(9)16-11-7-3-1-2-4-8(7)15-14(11)17-13/h1-6H,(H,15,17). The van der Waals surface area contributed by atoms with Gasteiger partial charge in [-0.15, -0.1) is 0 Å². The Morgan fingerprint density at radius 3 is 2.37 bits per heavy atom. The fourth-order valence-corrected chi connectivity index (χ4v) is 2.29. The van der Waals surface area contributed by atoms with Gasteiger partial charge in [0.1, 0.15) is 16.9 Å². The van der Waals surface area contributed by atoms with Crippen LogP contribution < -0.4 is 0 Å². The van der Waals surface area contributed by atoms with Crippen LogP contribution in [-0.4, -0.2) is 26.5 Å². The Kier molecular flexibility index (Phi) is 1.79. The molecule has 0 aliphatic heterocycles. The summed E-state index contributed by atoms with van der Waals surface area (Å²) in [7, 11) is 0. The first kappa shape index (κ1) is 10.1. The molecule has 0 saturated heterocycles. The molecule has 0 spiro atoms. The zero-order valence-electron chi connectivity index (χ0n) is 9.68. The molecule has 0 fully saturated rings. The highest BCUT2D eigenvalue weighted by Crippen LogP contribution is 2.24. The lowest BCUT2D eigenvalue weighted by molar-refractivity contribution is 0.0987. The summed E-state index contributed by atoms with van der Waals surface area (Å²) in [5.41, 5.74) is 2.27. The zero-order valence-corrected chi connectivity index (χ0v) is 9.68. The highest BCUT2D eigenvalue weighted by atomic mass is 16.1. The van der Waals surface area contributed by atoms with Crippen molar-refractivity contribution in [1.82, 2.24) is 15.0 Å². The molecule has 0 unspecified atom stereocenters. The number of rotatable bonds is 0. The van der Waals surface area contributed by atoms with Gasteiger partial charge in [0, 0.05) is 10.9 Å². The van der Waals surface area contributed by atoms with E-state index in [-0.39, 0.29) is 23.0 Å². The lowest BCUT2D eigenvalue weighted by atomic mass is 10.1. The summed E-state index contributed by atoms with van der Waals surface area (Å²) in [5, 5.41) is 0.891. The number of H-pyrrole nitrogens is 1. The van der Waals surface area contributed by atoms with E-state index in [1.54, 1.807) is 0 Å². The van der Waals surface area contributed by atoms with E-state index in [0.717, 1.165) is 10.9 Å². The second-order valence-electron chi connectivity index (χ2n) is 4.35. The summed E-state index contributed by atoms with van der Waals surface area (Å²) in [6.07, 6.45) is 2.47. The predicted molar refractivity (Wildman–Crippen MR) is 69.2 cm³/mol. The second kappa shape index (κ2) is 3.35. The van der Waals surface area contributed by atoms with Gasteiger partial charge in [0.2, 0.25) is 11.6 Å². The molecule has 19 heavy (non-hydrogen) atoms. The van der Waals surface area contributed by atoms with Crippen molar-refractivity contribution in [3.05, 3.63) is 47.8 Å². The van der Waals surface area contributed by atoms with Crippen LogP contribution in [0.3, 0.4) is 0 Å². The van der Waals surface area contributed by atoms with Gasteiger partial charge in [-0.05, 0) is 18.2 Å². The third-order valence-corrected chi connectivity index (χ3v) is 3.18. The Bertz CT molecular complexity index is 906. The molecule has 2 heterocycles. The van der Waals surface area contributed by atoms with Crippen LogP contribution in [0.5, 0.6) is 0 Å². The molecular weight excluding hydrogens is 242 g/mol. The fourth-order valence-electron chi connectivity index (χ4n) is 2.29. The monoisotopic (exact) mass is 249 g/mol. The van der Waals surface area contributed by atoms with Crippen LogP contribution in [0, 0.1) is 0 Å². The SMILES string of the molecule is O=C1C=CC(=O)c2nc3c(nc21)[nH]c1ccccc13. The van der Waals surface area contributed by atoms with Crippen molar-refractivity contribution in [3.8, 4) is 0 Å². The van der Waals surface area contributed by atoms with Crippen molar-refractivity contribution in [1.29, 1.82) is 0 Å². The molecule has 0 radical (unpaired) electrons. The van der Waals surface area contributed by atoms with Gasteiger partial charge in [-0.2, -0.15) is 0 Å². The van der Waals surface area contributed by atoms with Crippen LogP contribution in [0.2, 0.25) is 0 Å². The third-order valence-electron chi connectivity index (χ3n) is 3.18. The van der Waals surface area contributed by atoms with Crippen LogP contribution in [0.25, 0.3) is 22.1 Å². The first-order valence-electron chi connectivity index (χ1n) is 5.79. The zero-order chi connectivity index (χ0) is 13.0. The highest BCUT2D eigenvalue weighted by molar-refractivity contribution is 6.21. The number of nitrogens with one attached hydrogen (secondary N) is 1. The summed E-state index contributed by atoms with van der Waals surface area (Å²) >= 11 is 0. The Balaban J connectivity index is 2.17. The lowest BCUT2D eigenvalue weighted by Crippen LogP contribution is -2.15. The number of hydrogen-bond acceptors (Lipinski definition) is 4. The molecule has 1 aliphatic carbocycles. The van der Waals surface area contributed by atoms with Crippen LogP contribution >= 0.6 is 0 Å². The molecular formula is C14H7N3O2. The first-order valence-corrected chi connectivity index (χ1v) is 5.79. The van der Waals surface area contributed by atoms with Gasteiger partial charge < -0.3 is 4.98 Å². The van der Waals surface area contributed by atoms with E-state index in [4.69, 9.17) is 0 Å². The number of ketones is 2. The van der Waals surface area contributed by atoms with Crippen LogP contribution in [0.1, 0.15) is 21.0 Å². The van der Waals surface area contributed by atoms with Crippen molar-refractivity contribution in [2.24, 2.45) is 0 Å². The Morgan fingerprint density at radius 2 is 1.58 bits per heavy atom. The Labute approximate surface area is 107 Å². The molecule has 0 amide bonds. The fraction of sp³-hybridized carbons (Fsp3) is 0. The van der Waals surface area contributed by atoms with E-state index >= 15 is 0 Å². The summed E-state index contributed by atoms with van der Waals surface area (Å²) < 4.78 is 0. The number of para-hydroxylation sites is 1. The topological polar surface area (TPSA) is 75.7 Å². The summed E-state index contributed by atoms with van der Waals surface area (Å²) in [6, 6.07) is 7.60. The number of aromatic nitrogens is 3. The number of benzene rings is 1. The van der Waals surface area contributed by atoms with Gasteiger partial charge in [0.15, 0.2) is 5.65 Å². The first-order chi connectivity index (χ1) is 9.24. The van der Waals surface area contributed by atoms with Gasteiger partial charge in [0.05, 0.1) is 0 Å². The number of carbonyl (C=O) groups excluding carboxylic acids is 2. The third kappa shape index (κ3) is 1.29. The van der Waals surface area contributed by atoms with Gasteiger partial charge in [-0.1, -0.05) is 18.2 Å². The molecule has 5 heteroatoms. The quantitative estimate of drug-likeness (QED) is 0.661. The van der Waals surface area contributed by atoms with E-state index in [1.165, 1.54) is 12.2 Å². The van der Waals surface area contributed by atoms with Crippen molar-refractivity contribution >= 4 is 33.6 Å². The van der Waals surface area contributed by atoms with Gasteiger partial charge in [-0.3, -0.25) is 9.59 Å². The number of aromatic amines is 1. The van der Waals surface area contributed by atoms with E-state index < -0.39 is 0 Å². The Hall–Kier alpha value is -2.82. The molecule has 1 aliphatic rings. The minimum atomic E-state index is -0.289. The molecule has 3 aromatic rings.